The van der Waals surface area contributed by atoms with Crippen molar-refractivity contribution >= 4 is 6.29 Å². The molecule has 0 aromatic heterocycles. The van der Waals surface area contributed by atoms with Gasteiger partial charge in [-0.15, -0.1) is 0 Å². The lowest BCUT2D eigenvalue weighted by atomic mass is 9.60. The molecule has 0 saturated heterocycles. The monoisotopic (exact) mass is 208 g/mol. The standard InChI is InChI=1S/C14H24O/c1-10-5-4-8-14(3)12(10)6-7-13(14)11(2)9-15/h9-13H,4-8H2,1-3H3/t10-,11?,12-,13?,14-/m0/s1. The summed E-state index contributed by atoms with van der Waals surface area (Å²) >= 11 is 0. The molecule has 1 heteroatoms. The number of hydrogen-bond donors (Lipinski definition) is 0. The zero-order valence-electron chi connectivity index (χ0n) is 10.3. The molecule has 0 N–H and O–H groups in total. The van der Waals surface area contributed by atoms with Crippen LogP contribution >= 0.6 is 0 Å². The van der Waals surface area contributed by atoms with Gasteiger partial charge in [-0.1, -0.05) is 33.6 Å². The second kappa shape index (κ2) is 3.92. The van der Waals surface area contributed by atoms with Crippen molar-refractivity contribution < 1.29 is 4.79 Å². The quantitative estimate of drug-likeness (QED) is 0.633. The van der Waals surface area contributed by atoms with Crippen molar-refractivity contribution in [1.82, 2.24) is 0 Å². The molecule has 0 aromatic carbocycles. The SMILES string of the molecule is CC(C=O)C1CC[C@H]2[C@@H](C)CCC[C@]12C. The first-order valence-electron chi connectivity index (χ1n) is 6.55. The van der Waals surface area contributed by atoms with Gasteiger partial charge in [-0.25, -0.2) is 0 Å². The van der Waals surface area contributed by atoms with Crippen LogP contribution in [0.25, 0.3) is 0 Å². The van der Waals surface area contributed by atoms with Crippen LogP contribution in [-0.2, 0) is 4.79 Å². The zero-order valence-corrected chi connectivity index (χ0v) is 10.3. The van der Waals surface area contributed by atoms with Crippen LogP contribution in [-0.4, -0.2) is 6.29 Å². The van der Waals surface area contributed by atoms with Gasteiger partial charge in [0.25, 0.3) is 0 Å². The van der Waals surface area contributed by atoms with E-state index >= 15 is 0 Å². The summed E-state index contributed by atoms with van der Waals surface area (Å²) in [6, 6.07) is 0. The maximum Gasteiger partial charge on any atom is 0.123 e. The number of hydrogen-bond acceptors (Lipinski definition) is 1. The lowest BCUT2D eigenvalue weighted by Gasteiger charge is -2.45. The molecule has 0 aliphatic heterocycles. The van der Waals surface area contributed by atoms with Crippen LogP contribution < -0.4 is 0 Å². The minimum absolute atomic E-state index is 0.269. The summed E-state index contributed by atoms with van der Waals surface area (Å²) in [5.74, 6) is 2.69. The van der Waals surface area contributed by atoms with Crippen molar-refractivity contribution in [3.63, 3.8) is 0 Å². The van der Waals surface area contributed by atoms with E-state index in [-0.39, 0.29) is 5.92 Å². The third kappa shape index (κ3) is 1.64. The summed E-state index contributed by atoms with van der Waals surface area (Å²) in [5, 5.41) is 0. The maximum atomic E-state index is 11.0. The van der Waals surface area contributed by atoms with Crippen LogP contribution in [0.4, 0.5) is 0 Å². The Bertz CT molecular complexity index is 248. The minimum Gasteiger partial charge on any atom is -0.303 e. The zero-order chi connectivity index (χ0) is 11.1. The van der Waals surface area contributed by atoms with Crippen LogP contribution in [0.1, 0.15) is 52.9 Å². The van der Waals surface area contributed by atoms with Gasteiger partial charge in [-0.2, -0.15) is 0 Å². The average Bonchev–Trinajstić information content (AvgIpc) is 2.56. The van der Waals surface area contributed by atoms with Crippen molar-refractivity contribution in [3.05, 3.63) is 0 Å². The van der Waals surface area contributed by atoms with Gasteiger partial charge >= 0.3 is 0 Å². The summed E-state index contributed by atoms with van der Waals surface area (Å²) in [7, 11) is 0. The molecule has 2 rings (SSSR count). The van der Waals surface area contributed by atoms with Crippen molar-refractivity contribution in [3.8, 4) is 0 Å². The Kier molecular flexibility index (Phi) is 2.92. The molecule has 0 heterocycles. The van der Waals surface area contributed by atoms with Gasteiger partial charge in [-0.05, 0) is 42.4 Å². The predicted molar refractivity (Wildman–Crippen MR) is 62.6 cm³/mol. The van der Waals surface area contributed by atoms with E-state index in [9.17, 15) is 4.79 Å². The number of aldehydes is 1. The third-order valence-electron chi connectivity index (χ3n) is 5.39. The van der Waals surface area contributed by atoms with Gasteiger partial charge in [-0.3, -0.25) is 0 Å². The summed E-state index contributed by atoms with van der Waals surface area (Å²) < 4.78 is 0. The van der Waals surface area contributed by atoms with E-state index < -0.39 is 0 Å². The van der Waals surface area contributed by atoms with Crippen molar-refractivity contribution in [1.29, 1.82) is 0 Å². The second-order valence-electron chi connectivity index (χ2n) is 6.16. The molecule has 0 spiro atoms. The molecule has 15 heavy (non-hydrogen) atoms. The number of rotatable bonds is 2. The molecular formula is C14H24O. The van der Waals surface area contributed by atoms with Gasteiger partial charge in [0, 0.05) is 5.92 Å². The molecule has 0 radical (unpaired) electrons. The van der Waals surface area contributed by atoms with E-state index in [2.05, 4.69) is 20.8 Å². The smallest absolute Gasteiger partial charge is 0.123 e. The van der Waals surface area contributed by atoms with E-state index in [1.807, 2.05) is 0 Å². The fourth-order valence-corrected chi connectivity index (χ4v) is 4.56. The first kappa shape index (κ1) is 11.2. The predicted octanol–water partition coefficient (Wildman–Crippen LogP) is 3.67. The van der Waals surface area contributed by atoms with E-state index in [4.69, 9.17) is 0 Å². The molecule has 1 nitrogen and oxygen atoms in total. The lowest BCUT2D eigenvalue weighted by molar-refractivity contribution is -0.114. The van der Waals surface area contributed by atoms with Gasteiger partial charge in [0.05, 0.1) is 0 Å². The van der Waals surface area contributed by atoms with E-state index in [1.165, 1.54) is 38.4 Å². The largest absolute Gasteiger partial charge is 0.303 e. The molecule has 2 aliphatic rings. The highest BCUT2D eigenvalue weighted by atomic mass is 16.1. The second-order valence-corrected chi connectivity index (χ2v) is 6.16. The Balaban J connectivity index is 2.20. The van der Waals surface area contributed by atoms with Crippen LogP contribution in [0, 0.1) is 29.1 Å². The average molecular weight is 208 g/mol. The normalized spacial score (nSPS) is 47.3. The highest BCUT2D eigenvalue weighted by Crippen LogP contribution is 2.59. The molecule has 2 unspecified atom stereocenters. The Morgan fingerprint density at radius 3 is 2.73 bits per heavy atom. The maximum absolute atomic E-state index is 11.0. The molecule has 2 saturated carbocycles. The van der Waals surface area contributed by atoms with Crippen molar-refractivity contribution in [2.75, 3.05) is 0 Å². The van der Waals surface area contributed by atoms with Gasteiger partial charge < -0.3 is 4.79 Å². The van der Waals surface area contributed by atoms with E-state index in [0.717, 1.165) is 11.8 Å². The molecule has 2 aliphatic carbocycles. The molecule has 5 atom stereocenters. The number of carbonyl (C=O) groups excluding carboxylic acids is 1. The fourth-order valence-electron chi connectivity index (χ4n) is 4.56. The lowest BCUT2D eigenvalue weighted by Crippen LogP contribution is -2.38. The first-order chi connectivity index (χ1) is 7.09. The van der Waals surface area contributed by atoms with Crippen molar-refractivity contribution in [2.45, 2.75) is 52.9 Å². The first-order valence-corrected chi connectivity index (χ1v) is 6.55. The summed E-state index contributed by atoms with van der Waals surface area (Å²) in [6.45, 7) is 6.98. The Hall–Kier alpha value is -0.330. The van der Waals surface area contributed by atoms with Gasteiger partial charge in [0.2, 0.25) is 0 Å². The number of fused-ring (bicyclic) bond motifs is 1. The van der Waals surface area contributed by atoms with Gasteiger partial charge in [0.15, 0.2) is 0 Å². The van der Waals surface area contributed by atoms with Crippen LogP contribution in [0.15, 0.2) is 0 Å². The molecule has 0 amide bonds. The van der Waals surface area contributed by atoms with Crippen molar-refractivity contribution in [2.24, 2.45) is 29.1 Å². The van der Waals surface area contributed by atoms with Crippen LogP contribution in [0.2, 0.25) is 0 Å². The highest BCUT2D eigenvalue weighted by molar-refractivity contribution is 5.53. The molecule has 86 valence electrons. The molecule has 0 bridgehead atoms. The van der Waals surface area contributed by atoms with Gasteiger partial charge in [0.1, 0.15) is 6.29 Å². The summed E-state index contributed by atoms with van der Waals surface area (Å²) in [4.78, 5) is 11.0. The number of carbonyl (C=O) groups is 1. The van der Waals surface area contributed by atoms with E-state index in [1.54, 1.807) is 0 Å². The van der Waals surface area contributed by atoms with Crippen LogP contribution in [0.3, 0.4) is 0 Å². The van der Waals surface area contributed by atoms with E-state index in [0.29, 0.717) is 11.3 Å². The minimum atomic E-state index is 0.269. The Morgan fingerprint density at radius 2 is 2.07 bits per heavy atom. The molecular weight excluding hydrogens is 184 g/mol. The third-order valence-corrected chi connectivity index (χ3v) is 5.39. The Labute approximate surface area is 93.6 Å². The molecule has 0 aromatic rings. The Morgan fingerprint density at radius 1 is 1.33 bits per heavy atom. The molecule has 2 fully saturated rings. The highest BCUT2D eigenvalue weighted by Gasteiger charge is 2.51. The summed E-state index contributed by atoms with van der Waals surface area (Å²) in [5.41, 5.74) is 0.470. The fraction of sp³-hybridized carbons (Fsp3) is 0.929. The topological polar surface area (TPSA) is 17.1 Å². The summed E-state index contributed by atoms with van der Waals surface area (Å²) in [6.07, 6.45) is 7.95. The van der Waals surface area contributed by atoms with Crippen LogP contribution in [0.5, 0.6) is 0 Å².